The molecule has 0 atom stereocenters. The van der Waals surface area contributed by atoms with E-state index in [-0.39, 0.29) is 5.11 Å². The Morgan fingerprint density at radius 1 is 1.20 bits per heavy atom. The van der Waals surface area contributed by atoms with Crippen molar-refractivity contribution in [3.05, 3.63) is 59.8 Å². The summed E-state index contributed by atoms with van der Waals surface area (Å²) < 4.78 is 17.8. The first kappa shape index (κ1) is 14.0. The van der Waals surface area contributed by atoms with Gasteiger partial charge in [-0.1, -0.05) is 0 Å². The molecule has 1 aromatic carbocycles. The van der Waals surface area contributed by atoms with Gasteiger partial charge in [-0.25, -0.2) is 4.39 Å². The van der Waals surface area contributed by atoms with Crippen LogP contribution in [0, 0.1) is 5.82 Å². The molecule has 0 aliphatic heterocycles. The van der Waals surface area contributed by atoms with Crippen LogP contribution in [0.25, 0.3) is 0 Å². The van der Waals surface area contributed by atoms with Crippen LogP contribution in [0.2, 0.25) is 0 Å². The standard InChI is InChI=1S/C13H12FN3O2S/c14-10-5-3-9(4-6-10)12(18)16-17-13(20)15-8-11-2-1-7-19-11/h1-7H,8H2,(H,16,18)(H2,15,17,20). The largest absolute Gasteiger partial charge is 0.467 e. The molecule has 0 radical (unpaired) electrons. The lowest BCUT2D eigenvalue weighted by molar-refractivity contribution is 0.0943. The Labute approximate surface area is 120 Å². The predicted octanol–water partition coefficient (Wildman–Crippen LogP) is 1.73. The molecule has 7 heteroatoms. The molecule has 20 heavy (non-hydrogen) atoms. The highest BCUT2D eigenvalue weighted by atomic mass is 32.1. The average molecular weight is 293 g/mol. The molecule has 2 aromatic rings. The van der Waals surface area contributed by atoms with E-state index in [0.29, 0.717) is 12.1 Å². The van der Waals surface area contributed by atoms with Crippen LogP contribution in [0.4, 0.5) is 4.39 Å². The fraction of sp³-hybridized carbons (Fsp3) is 0.0769. The Kier molecular flexibility index (Phi) is 4.67. The summed E-state index contributed by atoms with van der Waals surface area (Å²) in [5.74, 6) is -0.0868. The van der Waals surface area contributed by atoms with Gasteiger partial charge in [0.15, 0.2) is 5.11 Å². The minimum Gasteiger partial charge on any atom is -0.467 e. The highest BCUT2D eigenvalue weighted by Crippen LogP contribution is 2.02. The maximum atomic E-state index is 12.7. The van der Waals surface area contributed by atoms with Crippen LogP contribution in [0.3, 0.4) is 0 Å². The van der Waals surface area contributed by atoms with Crippen molar-refractivity contribution < 1.29 is 13.6 Å². The summed E-state index contributed by atoms with van der Waals surface area (Å²) in [6.45, 7) is 0.408. The van der Waals surface area contributed by atoms with Crippen LogP contribution in [0.1, 0.15) is 16.1 Å². The minimum absolute atomic E-state index is 0.247. The lowest BCUT2D eigenvalue weighted by Gasteiger charge is -2.10. The number of hydrogen-bond donors (Lipinski definition) is 3. The lowest BCUT2D eigenvalue weighted by atomic mass is 10.2. The molecule has 104 valence electrons. The summed E-state index contributed by atoms with van der Waals surface area (Å²) in [6, 6.07) is 8.75. The molecule has 0 aliphatic carbocycles. The van der Waals surface area contributed by atoms with Gasteiger partial charge in [0.2, 0.25) is 0 Å². The normalized spacial score (nSPS) is 9.85. The highest BCUT2D eigenvalue weighted by molar-refractivity contribution is 7.80. The van der Waals surface area contributed by atoms with Crippen LogP contribution in [-0.2, 0) is 6.54 Å². The zero-order valence-corrected chi connectivity index (χ0v) is 11.2. The molecule has 0 saturated heterocycles. The zero-order valence-electron chi connectivity index (χ0n) is 10.4. The Bertz CT molecular complexity index is 584. The van der Waals surface area contributed by atoms with E-state index in [1.807, 2.05) is 0 Å². The summed E-state index contributed by atoms with van der Waals surface area (Å²) in [5, 5.41) is 3.10. The Balaban J connectivity index is 1.75. The van der Waals surface area contributed by atoms with Crippen LogP contribution >= 0.6 is 12.2 Å². The molecule has 0 saturated carbocycles. The number of hydrogen-bond acceptors (Lipinski definition) is 3. The van der Waals surface area contributed by atoms with E-state index < -0.39 is 11.7 Å². The van der Waals surface area contributed by atoms with Crippen LogP contribution in [-0.4, -0.2) is 11.0 Å². The number of nitrogens with one attached hydrogen (secondary N) is 3. The lowest BCUT2D eigenvalue weighted by Crippen LogP contribution is -2.46. The Morgan fingerprint density at radius 3 is 2.60 bits per heavy atom. The first-order valence-electron chi connectivity index (χ1n) is 5.77. The van der Waals surface area contributed by atoms with E-state index in [4.69, 9.17) is 16.6 Å². The molecule has 0 aliphatic rings. The number of carbonyl (C=O) groups excluding carboxylic acids is 1. The molecule has 1 aromatic heterocycles. The maximum Gasteiger partial charge on any atom is 0.269 e. The molecule has 5 nitrogen and oxygen atoms in total. The van der Waals surface area contributed by atoms with Crippen molar-refractivity contribution in [2.24, 2.45) is 0 Å². The van der Waals surface area contributed by atoms with E-state index in [2.05, 4.69) is 16.2 Å². The highest BCUT2D eigenvalue weighted by Gasteiger charge is 2.05. The summed E-state index contributed by atoms with van der Waals surface area (Å²) in [6.07, 6.45) is 1.56. The monoisotopic (exact) mass is 293 g/mol. The topological polar surface area (TPSA) is 66.3 Å². The van der Waals surface area contributed by atoms with E-state index in [9.17, 15) is 9.18 Å². The molecule has 0 spiro atoms. The predicted molar refractivity (Wildman–Crippen MR) is 75.1 cm³/mol. The maximum absolute atomic E-state index is 12.7. The van der Waals surface area contributed by atoms with Crippen molar-refractivity contribution in [2.45, 2.75) is 6.54 Å². The summed E-state index contributed by atoms with van der Waals surface area (Å²) in [4.78, 5) is 11.7. The fourth-order valence-electron chi connectivity index (χ4n) is 1.41. The van der Waals surface area contributed by atoms with Crippen molar-refractivity contribution in [1.29, 1.82) is 0 Å². The molecule has 0 fully saturated rings. The van der Waals surface area contributed by atoms with Crippen LogP contribution in [0.5, 0.6) is 0 Å². The van der Waals surface area contributed by atoms with Gasteiger partial charge >= 0.3 is 0 Å². The minimum atomic E-state index is -0.410. The summed E-state index contributed by atoms with van der Waals surface area (Å²) >= 11 is 4.98. The third kappa shape index (κ3) is 4.06. The van der Waals surface area contributed by atoms with Crippen molar-refractivity contribution in [3.63, 3.8) is 0 Å². The van der Waals surface area contributed by atoms with Gasteiger partial charge < -0.3 is 9.73 Å². The van der Waals surface area contributed by atoms with E-state index in [1.54, 1.807) is 18.4 Å². The van der Waals surface area contributed by atoms with Crippen molar-refractivity contribution in [1.82, 2.24) is 16.2 Å². The quantitative estimate of drug-likeness (QED) is 0.594. The number of benzene rings is 1. The van der Waals surface area contributed by atoms with Gasteiger partial charge in [-0.2, -0.15) is 0 Å². The van der Waals surface area contributed by atoms with Gasteiger partial charge in [0, 0.05) is 5.56 Å². The van der Waals surface area contributed by atoms with Crippen molar-refractivity contribution in [3.8, 4) is 0 Å². The molecule has 2 rings (SSSR count). The fourth-order valence-corrected chi connectivity index (χ4v) is 1.53. The second-order valence-electron chi connectivity index (χ2n) is 3.85. The van der Waals surface area contributed by atoms with E-state index >= 15 is 0 Å². The van der Waals surface area contributed by atoms with Gasteiger partial charge in [0.1, 0.15) is 11.6 Å². The number of thiocarbonyl (C=S) groups is 1. The van der Waals surface area contributed by atoms with E-state index in [0.717, 1.165) is 5.76 Å². The zero-order chi connectivity index (χ0) is 14.4. The summed E-state index contributed by atoms with van der Waals surface area (Å²) in [5.41, 5.74) is 5.27. The van der Waals surface area contributed by atoms with Gasteiger partial charge in [0.05, 0.1) is 12.8 Å². The van der Waals surface area contributed by atoms with Crippen LogP contribution < -0.4 is 16.2 Å². The molecule has 3 N–H and O–H groups in total. The number of halogens is 1. The number of hydrazine groups is 1. The average Bonchev–Trinajstić information content (AvgIpc) is 2.96. The second kappa shape index (κ2) is 6.67. The Morgan fingerprint density at radius 2 is 1.95 bits per heavy atom. The second-order valence-corrected chi connectivity index (χ2v) is 4.26. The van der Waals surface area contributed by atoms with Gasteiger partial charge in [-0.15, -0.1) is 0 Å². The molecular weight excluding hydrogens is 281 g/mol. The molecular formula is C13H12FN3O2S. The SMILES string of the molecule is O=C(NNC(=S)NCc1ccco1)c1ccc(F)cc1. The molecule has 1 amide bonds. The third-order valence-electron chi connectivity index (χ3n) is 2.40. The molecule has 0 unspecified atom stereocenters. The van der Waals surface area contributed by atoms with Crippen LogP contribution in [0.15, 0.2) is 47.1 Å². The third-order valence-corrected chi connectivity index (χ3v) is 2.65. The van der Waals surface area contributed by atoms with Crippen molar-refractivity contribution in [2.75, 3.05) is 0 Å². The number of carbonyl (C=O) groups is 1. The van der Waals surface area contributed by atoms with Gasteiger partial charge in [-0.05, 0) is 48.6 Å². The van der Waals surface area contributed by atoms with E-state index in [1.165, 1.54) is 24.3 Å². The number of rotatable bonds is 3. The molecule has 0 bridgehead atoms. The number of furan rings is 1. The van der Waals surface area contributed by atoms with Gasteiger partial charge in [-0.3, -0.25) is 15.6 Å². The summed E-state index contributed by atoms with van der Waals surface area (Å²) in [7, 11) is 0. The first-order valence-corrected chi connectivity index (χ1v) is 6.18. The number of amides is 1. The van der Waals surface area contributed by atoms with Crippen molar-refractivity contribution >= 4 is 23.2 Å². The molecule has 1 heterocycles. The first-order chi connectivity index (χ1) is 9.65. The smallest absolute Gasteiger partial charge is 0.269 e. The van der Waals surface area contributed by atoms with Gasteiger partial charge in [0.25, 0.3) is 5.91 Å². The Hall–Kier alpha value is -2.41.